The van der Waals surface area contributed by atoms with Crippen LogP contribution in [0.5, 0.6) is 0 Å². The quantitative estimate of drug-likeness (QED) is 0.832. The Morgan fingerprint density at radius 2 is 2.53 bits per heavy atom. The Morgan fingerprint density at radius 3 is 3.20 bits per heavy atom. The minimum atomic E-state index is 0.493. The summed E-state index contributed by atoms with van der Waals surface area (Å²) in [4.78, 5) is 1.22. The van der Waals surface area contributed by atoms with Gasteiger partial charge in [0.2, 0.25) is 0 Å². The van der Waals surface area contributed by atoms with E-state index in [4.69, 9.17) is 4.74 Å². The molecule has 4 nitrogen and oxygen atoms in total. The number of nitrogens with one attached hydrogen (secondary N) is 1. The van der Waals surface area contributed by atoms with Gasteiger partial charge in [0.25, 0.3) is 0 Å². The molecule has 0 bridgehead atoms. The molecule has 2 rings (SSSR count). The van der Waals surface area contributed by atoms with Gasteiger partial charge in [-0.05, 0) is 13.5 Å². The molecule has 15 heavy (non-hydrogen) atoms. The van der Waals surface area contributed by atoms with Gasteiger partial charge in [-0.1, -0.05) is 0 Å². The van der Waals surface area contributed by atoms with Crippen LogP contribution in [0.1, 0.15) is 6.42 Å². The lowest BCUT2D eigenvalue weighted by molar-refractivity contribution is 0.0851. The van der Waals surface area contributed by atoms with Crippen molar-refractivity contribution in [1.82, 2.24) is 15.1 Å². The second-order valence-electron chi connectivity index (χ2n) is 3.76. The average molecular weight is 227 g/mol. The van der Waals surface area contributed by atoms with Crippen LogP contribution < -0.4 is 5.32 Å². The van der Waals surface area contributed by atoms with Gasteiger partial charge < -0.3 is 10.1 Å². The van der Waals surface area contributed by atoms with Gasteiger partial charge in [0.1, 0.15) is 0 Å². The summed E-state index contributed by atoms with van der Waals surface area (Å²) in [7, 11) is 3.96. The van der Waals surface area contributed by atoms with Crippen LogP contribution in [0.25, 0.3) is 0 Å². The summed E-state index contributed by atoms with van der Waals surface area (Å²) in [6.45, 7) is 1.70. The standard InChI is InChI=1S/C10H17N3OS/c1-11-9-3-4-14-7-10(9)15-8-5-12-13(2)6-8/h5-6,9-11H,3-4,7H2,1-2H3. The lowest BCUT2D eigenvalue weighted by Crippen LogP contribution is -2.42. The van der Waals surface area contributed by atoms with Crippen LogP contribution in [0.3, 0.4) is 0 Å². The van der Waals surface area contributed by atoms with E-state index in [1.165, 1.54) is 4.90 Å². The molecule has 84 valence electrons. The third kappa shape index (κ3) is 2.74. The van der Waals surface area contributed by atoms with Gasteiger partial charge in [-0.3, -0.25) is 4.68 Å². The minimum absolute atomic E-state index is 0.493. The molecule has 1 aromatic heterocycles. The maximum Gasteiger partial charge on any atom is 0.0625 e. The zero-order chi connectivity index (χ0) is 10.7. The Morgan fingerprint density at radius 1 is 1.67 bits per heavy atom. The molecule has 0 spiro atoms. The van der Waals surface area contributed by atoms with Gasteiger partial charge >= 0.3 is 0 Å². The van der Waals surface area contributed by atoms with E-state index in [1.807, 2.05) is 42.9 Å². The highest BCUT2D eigenvalue weighted by molar-refractivity contribution is 8.00. The molecular formula is C10H17N3OS. The second-order valence-corrected chi connectivity index (χ2v) is 5.08. The number of rotatable bonds is 3. The number of nitrogens with zero attached hydrogens (tertiary/aromatic N) is 2. The Hall–Kier alpha value is -0.520. The van der Waals surface area contributed by atoms with Crippen molar-refractivity contribution >= 4 is 11.8 Å². The number of hydrogen-bond donors (Lipinski definition) is 1. The van der Waals surface area contributed by atoms with Crippen molar-refractivity contribution in [1.29, 1.82) is 0 Å². The largest absolute Gasteiger partial charge is 0.380 e. The van der Waals surface area contributed by atoms with Gasteiger partial charge in [-0.2, -0.15) is 5.10 Å². The van der Waals surface area contributed by atoms with Crippen LogP contribution in [0.15, 0.2) is 17.3 Å². The first kappa shape index (κ1) is 11.0. The molecule has 1 aliphatic rings. The van der Waals surface area contributed by atoms with E-state index in [-0.39, 0.29) is 0 Å². The fraction of sp³-hybridized carbons (Fsp3) is 0.700. The third-order valence-electron chi connectivity index (χ3n) is 2.64. The molecule has 2 unspecified atom stereocenters. The van der Waals surface area contributed by atoms with Crippen LogP contribution in [0.2, 0.25) is 0 Å². The van der Waals surface area contributed by atoms with Crippen LogP contribution in [0.4, 0.5) is 0 Å². The van der Waals surface area contributed by atoms with E-state index < -0.39 is 0 Å². The van der Waals surface area contributed by atoms with Crippen LogP contribution >= 0.6 is 11.8 Å². The molecule has 1 aliphatic heterocycles. The van der Waals surface area contributed by atoms with Gasteiger partial charge in [0, 0.05) is 36.0 Å². The summed E-state index contributed by atoms with van der Waals surface area (Å²) in [5.74, 6) is 0. The average Bonchev–Trinajstić information content (AvgIpc) is 2.65. The third-order valence-corrected chi connectivity index (χ3v) is 3.89. The van der Waals surface area contributed by atoms with E-state index in [0.717, 1.165) is 19.6 Å². The van der Waals surface area contributed by atoms with E-state index in [0.29, 0.717) is 11.3 Å². The molecule has 0 aliphatic carbocycles. The highest BCUT2D eigenvalue weighted by atomic mass is 32.2. The lowest BCUT2D eigenvalue weighted by Gasteiger charge is -2.30. The summed E-state index contributed by atoms with van der Waals surface area (Å²) in [6, 6.07) is 0.545. The fourth-order valence-corrected chi connectivity index (χ4v) is 3.06. The fourth-order valence-electron chi connectivity index (χ4n) is 1.79. The SMILES string of the molecule is CNC1CCOCC1Sc1cnn(C)c1. The lowest BCUT2D eigenvalue weighted by atomic mass is 10.1. The Balaban J connectivity index is 1.97. The first-order valence-corrected chi connectivity index (χ1v) is 6.08. The van der Waals surface area contributed by atoms with E-state index in [9.17, 15) is 0 Å². The Bertz CT molecular complexity index is 315. The van der Waals surface area contributed by atoms with Crippen LogP contribution in [-0.2, 0) is 11.8 Å². The van der Waals surface area contributed by atoms with Crippen molar-refractivity contribution in [2.24, 2.45) is 7.05 Å². The van der Waals surface area contributed by atoms with Crippen molar-refractivity contribution in [3.8, 4) is 0 Å². The molecule has 0 amide bonds. The van der Waals surface area contributed by atoms with E-state index >= 15 is 0 Å². The summed E-state index contributed by atoms with van der Waals surface area (Å²) in [5.41, 5.74) is 0. The Kier molecular flexibility index (Phi) is 3.66. The van der Waals surface area contributed by atoms with E-state index in [1.54, 1.807) is 0 Å². The normalized spacial score (nSPS) is 26.8. The molecular weight excluding hydrogens is 210 g/mol. The second kappa shape index (κ2) is 5.01. The number of aryl methyl sites for hydroxylation is 1. The number of thioether (sulfide) groups is 1. The molecule has 2 atom stereocenters. The van der Waals surface area contributed by atoms with Crippen LogP contribution in [0, 0.1) is 0 Å². The van der Waals surface area contributed by atoms with Crippen molar-refractivity contribution < 1.29 is 4.74 Å². The van der Waals surface area contributed by atoms with Gasteiger partial charge in [-0.25, -0.2) is 0 Å². The molecule has 2 heterocycles. The monoisotopic (exact) mass is 227 g/mol. The zero-order valence-electron chi connectivity index (χ0n) is 9.14. The maximum atomic E-state index is 5.51. The summed E-state index contributed by atoms with van der Waals surface area (Å²) >= 11 is 1.85. The molecule has 1 N–H and O–H groups in total. The zero-order valence-corrected chi connectivity index (χ0v) is 9.96. The van der Waals surface area contributed by atoms with Crippen molar-refractivity contribution in [2.45, 2.75) is 22.6 Å². The maximum absolute atomic E-state index is 5.51. The molecule has 5 heteroatoms. The topological polar surface area (TPSA) is 39.1 Å². The molecule has 0 saturated carbocycles. The number of hydrogen-bond acceptors (Lipinski definition) is 4. The first-order valence-electron chi connectivity index (χ1n) is 5.20. The van der Waals surface area contributed by atoms with Gasteiger partial charge in [-0.15, -0.1) is 11.8 Å². The predicted molar refractivity (Wildman–Crippen MR) is 61.1 cm³/mol. The molecule has 0 aromatic carbocycles. The van der Waals surface area contributed by atoms with Gasteiger partial charge in [0.05, 0.1) is 12.8 Å². The number of ether oxygens (including phenoxy) is 1. The minimum Gasteiger partial charge on any atom is -0.380 e. The first-order chi connectivity index (χ1) is 7.29. The molecule has 0 radical (unpaired) electrons. The Labute approximate surface area is 94.4 Å². The highest BCUT2D eigenvalue weighted by Crippen LogP contribution is 2.28. The summed E-state index contributed by atoms with van der Waals surface area (Å²) in [5, 5.41) is 8.01. The van der Waals surface area contributed by atoms with Gasteiger partial charge in [0.15, 0.2) is 0 Å². The highest BCUT2D eigenvalue weighted by Gasteiger charge is 2.25. The molecule has 1 fully saturated rings. The van der Waals surface area contributed by atoms with Crippen molar-refractivity contribution in [3.63, 3.8) is 0 Å². The summed E-state index contributed by atoms with van der Waals surface area (Å²) in [6.07, 6.45) is 5.05. The molecule has 1 saturated heterocycles. The van der Waals surface area contributed by atoms with Crippen LogP contribution in [-0.4, -0.2) is 41.3 Å². The van der Waals surface area contributed by atoms with Crippen molar-refractivity contribution in [3.05, 3.63) is 12.4 Å². The predicted octanol–water partition coefficient (Wildman–Crippen LogP) is 0.889. The van der Waals surface area contributed by atoms with E-state index in [2.05, 4.69) is 10.4 Å². The molecule has 1 aromatic rings. The van der Waals surface area contributed by atoms with Crippen molar-refractivity contribution in [2.75, 3.05) is 20.3 Å². The smallest absolute Gasteiger partial charge is 0.0625 e. The number of aromatic nitrogens is 2. The summed E-state index contributed by atoms with van der Waals surface area (Å²) < 4.78 is 7.34.